The summed E-state index contributed by atoms with van der Waals surface area (Å²) in [5.41, 5.74) is -1.49. The third-order valence-electron chi connectivity index (χ3n) is 8.90. The molecular weight excluding hydrogens is 571 g/mol. The highest BCUT2D eigenvalue weighted by atomic mass is 28.4. The lowest BCUT2D eigenvalue weighted by Crippen LogP contribution is -2.58. The summed E-state index contributed by atoms with van der Waals surface area (Å²) in [7, 11) is -4.58. The Balaban J connectivity index is 2.05. The molecule has 2 fully saturated rings. The van der Waals surface area contributed by atoms with Gasteiger partial charge in [-0.05, 0) is 62.6 Å². The second-order valence-electron chi connectivity index (χ2n) is 15.5. The van der Waals surface area contributed by atoms with Crippen LogP contribution in [0.3, 0.4) is 0 Å². The highest BCUT2D eigenvalue weighted by molar-refractivity contribution is 6.74. The Bertz CT molecular complexity index is 1110. The standard InChI is InChI=1S/C31H53NO8Si2/c1-28(2,3)39-27(34)32-26(33)37-25-24(40-42(12,13)30(7,8)9)23(20-36-41(10,11)29(4,5)6)38-31(25,32)21-35-19-22-17-15-14-16-18-22/h14-18,23-25H,19-21H2,1-13H3/t23-,24+,25-,31+/m0/s1. The summed E-state index contributed by atoms with van der Waals surface area (Å²) in [6.07, 6.45) is -3.92. The van der Waals surface area contributed by atoms with E-state index in [-0.39, 0.29) is 29.9 Å². The third-order valence-corrected chi connectivity index (χ3v) is 17.9. The van der Waals surface area contributed by atoms with Crippen LogP contribution in [0.5, 0.6) is 0 Å². The van der Waals surface area contributed by atoms with Crippen molar-refractivity contribution >= 4 is 28.8 Å². The Hall–Kier alpha value is -1.77. The van der Waals surface area contributed by atoms with Crippen LogP contribution in [0.15, 0.2) is 30.3 Å². The Kier molecular flexibility index (Phi) is 9.89. The Labute approximate surface area is 254 Å². The van der Waals surface area contributed by atoms with E-state index in [0.717, 1.165) is 10.5 Å². The highest BCUT2D eigenvalue weighted by Gasteiger charge is 2.70. The lowest BCUT2D eigenvalue weighted by Gasteiger charge is -2.41. The summed E-state index contributed by atoms with van der Waals surface area (Å²) in [5.74, 6) is 0. The first-order chi connectivity index (χ1) is 19.0. The van der Waals surface area contributed by atoms with Gasteiger partial charge in [-0.15, -0.1) is 0 Å². The fraction of sp³-hybridized carbons (Fsp3) is 0.742. The lowest BCUT2D eigenvalue weighted by molar-refractivity contribution is -0.164. The molecule has 0 N–H and O–H groups in total. The van der Waals surface area contributed by atoms with Crippen LogP contribution in [0, 0.1) is 0 Å². The number of imide groups is 1. The zero-order valence-electron chi connectivity index (χ0n) is 28.0. The minimum atomic E-state index is -2.40. The number of amides is 2. The molecule has 4 atom stereocenters. The lowest BCUT2D eigenvalue weighted by atomic mass is 10.0. The molecule has 2 heterocycles. The van der Waals surface area contributed by atoms with Crippen molar-refractivity contribution in [2.75, 3.05) is 13.2 Å². The van der Waals surface area contributed by atoms with E-state index >= 15 is 0 Å². The molecule has 9 nitrogen and oxygen atoms in total. The molecule has 0 aromatic heterocycles. The first kappa shape index (κ1) is 34.7. The van der Waals surface area contributed by atoms with Crippen molar-refractivity contribution in [3.8, 4) is 0 Å². The minimum Gasteiger partial charge on any atom is -0.443 e. The largest absolute Gasteiger partial charge is 0.443 e. The summed E-state index contributed by atoms with van der Waals surface area (Å²) in [6.45, 7) is 27.3. The maximum absolute atomic E-state index is 13.6. The van der Waals surface area contributed by atoms with Gasteiger partial charge < -0.3 is 27.8 Å². The molecule has 0 spiro atoms. The van der Waals surface area contributed by atoms with Crippen molar-refractivity contribution in [2.45, 2.75) is 135 Å². The fourth-order valence-electron chi connectivity index (χ4n) is 4.40. The van der Waals surface area contributed by atoms with Gasteiger partial charge in [0.15, 0.2) is 22.7 Å². The van der Waals surface area contributed by atoms with E-state index in [1.54, 1.807) is 20.8 Å². The van der Waals surface area contributed by atoms with E-state index in [1.165, 1.54) is 0 Å². The van der Waals surface area contributed by atoms with Crippen LogP contribution in [-0.4, -0.2) is 76.6 Å². The van der Waals surface area contributed by atoms with E-state index in [1.807, 2.05) is 30.3 Å². The van der Waals surface area contributed by atoms with Crippen LogP contribution >= 0.6 is 0 Å². The van der Waals surface area contributed by atoms with Crippen molar-refractivity contribution < 1.29 is 37.4 Å². The van der Waals surface area contributed by atoms with Gasteiger partial charge in [0.05, 0.1) is 19.8 Å². The normalized spacial score (nSPS) is 25.4. The van der Waals surface area contributed by atoms with Crippen molar-refractivity contribution in [2.24, 2.45) is 0 Å². The van der Waals surface area contributed by atoms with Crippen LogP contribution in [0.25, 0.3) is 0 Å². The zero-order valence-corrected chi connectivity index (χ0v) is 30.0. The SMILES string of the molecule is CC(C)(C)OC(=O)N1C(=O)O[C@H]2[C@H](O[Si](C)(C)C(C)(C)C)[C@H](CO[Si](C)(C)C(C)(C)C)O[C@]21COCc1ccccc1. The second kappa shape index (κ2) is 12.0. The predicted molar refractivity (Wildman–Crippen MR) is 167 cm³/mol. The minimum absolute atomic E-state index is 0.0250. The molecule has 0 radical (unpaired) electrons. The average Bonchev–Trinajstić information content (AvgIpc) is 3.24. The molecule has 1 aromatic rings. The quantitative estimate of drug-likeness (QED) is 0.262. The van der Waals surface area contributed by atoms with Crippen molar-refractivity contribution in [3.63, 3.8) is 0 Å². The third kappa shape index (κ3) is 7.47. The van der Waals surface area contributed by atoms with Gasteiger partial charge in [0.2, 0.25) is 5.72 Å². The fourth-order valence-corrected chi connectivity index (χ4v) is 6.72. The van der Waals surface area contributed by atoms with Crippen LogP contribution in [-0.2, 0) is 34.4 Å². The molecular formula is C31H53NO8Si2. The van der Waals surface area contributed by atoms with E-state index in [0.29, 0.717) is 0 Å². The molecule has 0 aliphatic carbocycles. The molecule has 0 saturated carbocycles. The van der Waals surface area contributed by atoms with Gasteiger partial charge in [0, 0.05) is 0 Å². The summed E-state index contributed by atoms with van der Waals surface area (Å²) in [4.78, 5) is 27.9. The Morgan fingerprint density at radius 1 is 0.929 bits per heavy atom. The molecule has 11 heteroatoms. The molecule has 1 aromatic carbocycles. The maximum Gasteiger partial charge on any atom is 0.422 e. The van der Waals surface area contributed by atoms with Gasteiger partial charge in [0.1, 0.15) is 17.8 Å². The Morgan fingerprint density at radius 2 is 1.50 bits per heavy atom. The first-order valence-corrected chi connectivity index (χ1v) is 20.7. The molecule has 2 aliphatic heterocycles. The van der Waals surface area contributed by atoms with Crippen LogP contribution in [0.2, 0.25) is 36.3 Å². The number of rotatable bonds is 9. The summed E-state index contributed by atoms with van der Waals surface area (Å²) in [5, 5.41) is -0.150. The number of carbonyl (C=O) groups excluding carboxylic acids is 2. The van der Waals surface area contributed by atoms with Gasteiger partial charge in [-0.1, -0.05) is 71.9 Å². The number of hydrogen-bond acceptors (Lipinski definition) is 8. The van der Waals surface area contributed by atoms with Crippen molar-refractivity contribution in [1.82, 2.24) is 4.90 Å². The number of ether oxygens (including phenoxy) is 4. The second-order valence-corrected chi connectivity index (χ2v) is 25.1. The van der Waals surface area contributed by atoms with Gasteiger partial charge in [-0.25, -0.2) is 9.59 Å². The van der Waals surface area contributed by atoms with E-state index in [4.69, 9.17) is 27.8 Å². The smallest absolute Gasteiger partial charge is 0.422 e. The maximum atomic E-state index is 13.6. The van der Waals surface area contributed by atoms with E-state index in [2.05, 4.69) is 67.7 Å². The van der Waals surface area contributed by atoms with Crippen LogP contribution in [0.4, 0.5) is 9.59 Å². The van der Waals surface area contributed by atoms with Crippen molar-refractivity contribution in [3.05, 3.63) is 35.9 Å². The first-order valence-electron chi connectivity index (χ1n) is 14.9. The number of fused-ring (bicyclic) bond motifs is 1. The highest BCUT2D eigenvalue weighted by Crippen LogP contribution is 2.48. The van der Waals surface area contributed by atoms with E-state index < -0.39 is 58.5 Å². The summed E-state index contributed by atoms with van der Waals surface area (Å²) in [6, 6.07) is 9.69. The number of carbonyl (C=O) groups is 2. The van der Waals surface area contributed by atoms with Crippen molar-refractivity contribution in [1.29, 1.82) is 0 Å². The summed E-state index contributed by atoms with van der Waals surface area (Å²) < 4.78 is 38.2. The molecule has 3 rings (SSSR count). The van der Waals surface area contributed by atoms with Gasteiger partial charge in [0.25, 0.3) is 0 Å². The molecule has 0 bridgehead atoms. The monoisotopic (exact) mass is 623 g/mol. The van der Waals surface area contributed by atoms with Crippen LogP contribution < -0.4 is 0 Å². The van der Waals surface area contributed by atoms with Gasteiger partial charge in [-0.2, -0.15) is 4.90 Å². The molecule has 0 unspecified atom stereocenters. The molecule has 42 heavy (non-hydrogen) atoms. The molecule has 2 saturated heterocycles. The number of benzene rings is 1. The topological polar surface area (TPSA) is 92.8 Å². The van der Waals surface area contributed by atoms with E-state index in [9.17, 15) is 9.59 Å². The predicted octanol–water partition coefficient (Wildman–Crippen LogP) is 7.47. The van der Waals surface area contributed by atoms with Crippen LogP contribution in [0.1, 0.15) is 67.9 Å². The van der Waals surface area contributed by atoms with Gasteiger partial charge in [-0.3, -0.25) is 0 Å². The Morgan fingerprint density at radius 3 is 2.02 bits per heavy atom. The number of hydrogen-bond donors (Lipinski definition) is 0. The van der Waals surface area contributed by atoms with Gasteiger partial charge >= 0.3 is 12.2 Å². The average molecular weight is 624 g/mol. The zero-order chi connectivity index (χ0) is 31.9. The molecule has 238 valence electrons. The molecule has 2 amide bonds. The summed E-state index contributed by atoms with van der Waals surface area (Å²) >= 11 is 0. The molecule has 2 aliphatic rings. The number of nitrogens with zero attached hydrogens (tertiary/aromatic N) is 1.